The highest BCUT2D eigenvalue weighted by Gasteiger charge is 2.28. The third kappa shape index (κ3) is 5.04. The van der Waals surface area contributed by atoms with E-state index in [-0.39, 0.29) is 17.8 Å². The van der Waals surface area contributed by atoms with E-state index in [0.717, 1.165) is 24.9 Å². The highest BCUT2D eigenvalue weighted by molar-refractivity contribution is 5.73. The molecular weight excluding hydrogens is 348 g/mol. The quantitative estimate of drug-likeness (QED) is 0.496. The first-order chi connectivity index (χ1) is 13.2. The Kier molecular flexibility index (Phi) is 6.37. The minimum atomic E-state index is -0.207. The van der Waals surface area contributed by atoms with Gasteiger partial charge in [0.15, 0.2) is 0 Å². The molecule has 9 heteroatoms. The first-order valence-electron chi connectivity index (χ1n) is 9.05. The SMILES string of the molecule is CCOC(=O)C1CCCN(c2nc(NO)nc(NCc3ccccc3)n2)C1. The van der Waals surface area contributed by atoms with E-state index in [9.17, 15) is 10.0 Å². The number of piperidine rings is 1. The Morgan fingerprint density at radius 3 is 2.78 bits per heavy atom. The molecule has 0 saturated carbocycles. The lowest BCUT2D eigenvalue weighted by Crippen LogP contribution is -2.40. The van der Waals surface area contributed by atoms with Crippen LogP contribution in [0.1, 0.15) is 25.3 Å². The van der Waals surface area contributed by atoms with Crippen LogP contribution in [-0.4, -0.2) is 45.8 Å². The molecule has 1 unspecified atom stereocenters. The van der Waals surface area contributed by atoms with Crippen molar-refractivity contribution in [2.45, 2.75) is 26.3 Å². The summed E-state index contributed by atoms with van der Waals surface area (Å²) in [6, 6.07) is 9.86. The Morgan fingerprint density at radius 1 is 1.26 bits per heavy atom. The summed E-state index contributed by atoms with van der Waals surface area (Å²) in [4.78, 5) is 26.8. The van der Waals surface area contributed by atoms with Gasteiger partial charge >= 0.3 is 5.97 Å². The van der Waals surface area contributed by atoms with Crippen molar-refractivity contribution >= 4 is 23.8 Å². The average molecular weight is 372 g/mol. The van der Waals surface area contributed by atoms with E-state index < -0.39 is 0 Å². The minimum Gasteiger partial charge on any atom is -0.466 e. The first-order valence-corrected chi connectivity index (χ1v) is 9.05. The Hall–Kier alpha value is -2.94. The smallest absolute Gasteiger partial charge is 0.310 e. The number of ether oxygens (including phenoxy) is 1. The van der Waals surface area contributed by atoms with Crippen LogP contribution in [0.15, 0.2) is 30.3 Å². The highest BCUT2D eigenvalue weighted by Crippen LogP contribution is 2.23. The van der Waals surface area contributed by atoms with Crippen molar-refractivity contribution in [3.63, 3.8) is 0 Å². The lowest BCUT2D eigenvalue weighted by Gasteiger charge is -2.31. The van der Waals surface area contributed by atoms with Gasteiger partial charge in [0.1, 0.15) is 0 Å². The van der Waals surface area contributed by atoms with Crippen LogP contribution in [0, 0.1) is 5.92 Å². The van der Waals surface area contributed by atoms with Crippen molar-refractivity contribution in [2.75, 3.05) is 35.4 Å². The average Bonchev–Trinajstić information content (AvgIpc) is 2.73. The monoisotopic (exact) mass is 372 g/mol. The molecule has 3 rings (SSSR count). The van der Waals surface area contributed by atoms with Gasteiger partial charge in [-0.15, -0.1) is 0 Å². The molecule has 1 atom stereocenters. The van der Waals surface area contributed by atoms with Gasteiger partial charge in [-0.25, -0.2) is 5.48 Å². The molecule has 0 aliphatic carbocycles. The maximum atomic E-state index is 12.1. The zero-order chi connectivity index (χ0) is 19.1. The molecule has 2 heterocycles. The lowest BCUT2D eigenvalue weighted by atomic mass is 9.98. The van der Waals surface area contributed by atoms with Crippen LogP contribution in [0.2, 0.25) is 0 Å². The van der Waals surface area contributed by atoms with Crippen LogP contribution in [0.5, 0.6) is 0 Å². The molecule has 1 aliphatic rings. The second kappa shape index (κ2) is 9.13. The second-order valence-electron chi connectivity index (χ2n) is 6.27. The summed E-state index contributed by atoms with van der Waals surface area (Å²) >= 11 is 0. The van der Waals surface area contributed by atoms with Gasteiger partial charge in [0.2, 0.25) is 11.9 Å². The summed E-state index contributed by atoms with van der Waals surface area (Å²) in [5.41, 5.74) is 3.06. The number of nitrogens with zero attached hydrogens (tertiary/aromatic N) is 4. The van der Waals surface area contributed by atoms with Crippen LogP contribution >= 0.6 is 0 Å². The summed E-state index contributed by atoms with van der Waals surface area (Å²) in [5, 5.41) is 12.4. The standard InChI is InChI=1S/C18H24N6O3/c1-2-27-15(25)14-9-6-10-24(12-14)18-21-16(20-17(22-18)23-26)19-11-13-7-4-3-5-8-13/h3-5,7-8,14,26H,2,6,9-12H2,1H3,(H2,19,20,21,22,23). The predicted octanol–water partition coefficient (Wildman–Crippen LogP) is 2.06. The molecule has 1 aromatic heterocycles. The predicted molar refractivity (Wildman–Crippen MR) is 101 cm³/mol. The topological polar surface area (TPSA) is 112 Å². The van der Waals surface area contributed by atoms with Crippen molar-refractivity contribution < 1.29 is 14.7 Å². The molecule has 2 aromatic rings. The Balaban J connectivity index is 1.73. The maximum absolute atomic E-state index is 12.1. The van der Waals surface area contributed by atoms with Crippen LogP contribution in [0.4, 0.5) is 17.8 Å². The van der Waals surface area contributed by atoms with Crippen LogP contribution < -0.4 is 15.7 Å². The highest BCUT2D eigenvalue weighted by atomic mass is 16.5. The van der Waals surface area contributed by atoms with Gasteiger partial charge in [-0.3, -0.25) is 10.0 Å². The normalized spacial score (nSPS) is 16.7. The van der Waals surface area contributed by atoms with Gasteiger partial charge in [0.05, 0.1) is 12.5 Å². The summed E-state index contributed by atoms with van der Waals surface area (Å²) < 4.78 is 5.14. The van der Waals surface area contributed by atoms with Crippen LogP contribution in [-0.2, 0) is 16.1 Å². The molecule has 3 N–H and O–H groups in total. The number of aromatic nitrogens is 3. The molecule has 0 radical (unpaired) electrons. The summed E-state index contributed by atoms with van der Waals surface area (Å²) in [6.45, 7) is 3.91. The van der Waals surface area contributed by atoms with E-state index in [1.54, 1.807) is 6.92 Å². The van der Waals surface area contributed by atoms with E-state index in [0.29, 0.717) is 31.6 Å². The van der Waals surface area contributed by atoms with Gasteiger partial charge in [0, 0.05) is 19.6 Å². The van der Waals surface area contributed by atoms with Gasteiger partial charge < -0.3 is 15.0 Å². The van der Waals surface area contributed by atoms with Crippen molar-refractivity contribution in [2.24, 2.45) is 5.92 Å². The van der Waals surface area contributed by atoms with Gasteiger partial charge in [-0.2, -0.15) is 15.0 Å². The van der Waals surface area contributed by atoms with Gasteiger partial charge in [-0.05, 0) is 25.3 Å². The fraction of sp³-hybridized carbons (Fsp3) is 0.444. The summed E-state index contributed by atoms with van der Waals surface area (Å²) in [5.74, 6) is 0.402. The number of anilines is 3. The fourth-order valence-corrected chi connectivity index (χ4v) is 3.02. The largest absolute Gasteiger partial charge is 0.466 e. The van der Waals surface area contributed by atoms with E-state index in [1.165, 1.54) is 0 Å². The molecule has 1 aliphatic heterocycles. The number of rotatable bonds is 7. The number of nitrogens with one attached hydrogen (secondary N) is 2. The molecule has 1 fully saturated rings. The molecule has 0 amide bonds. The lowest BCUT2D eigenvalue weighted by molar-refractivity contribution is -0.148. The Bertz CT molecular complexity index is 758. The number of carbonyl (C=O) groups excluding carboxylic acids is 1. The van der Waals surface area contributed by atoms with Gasteiger partial charge in [0.25, 0.3) is 5.95 Å². The third-order valence-electron chi connectivity index (χ3n) is 4.34. The number of carbonyl (C=O) groups is 1. The molecule has 9 nitrogen and oxygen atoms in total. The van der Waals surface area contributed by atoms with Crippen molar-refractivity contribution in [1.29, 1.82) is 0 Å². The third-order valence-corrected chi connectivity index (χ3v) is 4.34. The Labute approximate surface area is 157 Å². The molecule has 1 aromatic carbocycles. The second-order valence-corrected chi connectivity index (χ2v) is 6.27. The van der Waals surface area contributed by atoms with Crippen LogP contribution in [0.3, 0.4) is 0 Å². The summed E-state index contributed by atoms with van der Waals surface area (Å²) in [6.07, 6.45) is 1.62. The minimum absolute atomic E-state index is 0.0498. The first kappa shape index (κ1) is 18.8. The van der Waals surface area contributed by atoms with Crippen LogP contribution in [0.25, 0.3) is 0 Å². The molecular formula is C18H24N6O3. The summed E-state index contributed by atoms with van der Waals surface area (Å²) in [7, 11) is 0. The van der Waals surface area contributed by atoms with Crippen molar-refractivity contribution in [3.05, 3.63) is 35.9 Å². The number of benzene rings is 1. The van der Waals surface area contributed by atoms with Crippen molar-refractivity contribution in [1.82, 2.24) is 15.0 Å². The fourth-order valence-electron chi connectivity index (χ4n) is 3.02. The number of hydrogen-bond donors (Lipinski definition) is 3. The maximum Gasteiger partial charge on any atom is 0.310 e. The van der Waals surface area contributed by atoms with E-state index in [1.807, 2.05) is 40.7 Å². The van der Waals surface area contributed by atoms with Gasteiger partial charge in [-0.1, -0.05) is 30.3 Å². The molecule has 0 bridgehead atoms. The van der Waals surface area contributed by atoms with E-state index in [4.69, 9.17) is 4.74 Å². The number of hydrogen-bond acceptors (Lipinski definition) is 9. The van der Waals surface area contributed by atoms with E-state index in [2.05, 4.69) is 20.3 Å². The molecule has 144 valence electrons. The zero-order valence-electron chi connectivity index (χ0n) is 15.3. The Morgan fingerprint density at radius 2 is 2.04 bits per heavy atom. The molecule has 27 heavy (non-hydrogen) atoms. The molecule has 1 saturated heterocycles. The van der Waals surface area contributed by atoms with Crippen molar-refractivity contribution in [3.8, 4) is 0 Å². The molecule has 0 spiro atoms. The van der Waals surface area contributed by atoms with E-state index >= 15 is 0 Å². The number of esters is 1. The zero-order valence-corrected chi connectivity index (χ0v) is 15.3.